The van der Waals surface area contributed by atoms with Crippen molar-refractivity contribution in [2.75, 3.05) is 19.8 Å². The molecular weight excluding hydrogens is 1180 g/mol. The second-order valence-electron chi connectivity index (χ2n) is 13.0. The Morgan fingerprint density at radius 3 is 1.80 bits per heavy atom. The van der Waals surface area contributed by atoms with Gasteiger partial charge in [0, 0.05) is 17.1 Å². The predicted octanol–water partition coefficient (Wildman–Crippen LogP) is 10.2. The molecule has 0 saturated carbocycles. The first-order valence-corrected chi connectivity index (χ1v) is 23.5. The fourth-order valence-corrected chi connectivity index (χ4v) is 9.54. The van der Waals surface area contributed by atoms with Crippen LogP contribution in [0, 0.1) is 16.1 Å². The maximum absolute atomic E-state index is 13.3. The summed E-state index contributed by atoms with van der Waals surface area (Å²) < 4.78 is 117. The lowest BCUT2D eigenvalue weighted by Gasteiger charge is -2.29. The smallest absolute Gasteiger partial charge is 0.432 e. The highest BCUT2D eigenvalue weighted by Crippen LogP contribution is 2.38. The van der Waals surface area contributed by atoms with E-state index >= 15 is 0 Å². The van der Waals surface area contributed by atoms with Crippen LogP contribution in [0.15, 0.2) is 112 Å². The summed E-state index contributed by atoms with van der Waals surface area (Å²) in [5.74, 6) is -2.04. The van der Waals surface area contributed by atoms with Gasteiger partial charge in [0.15, 0.2) is 24.8 Å². The van der Waals surface area contributed by atoms with Gasteiger partial charge in [0.05, 0.1) is 28.5 Å². The molecule has 4 rings (SSSR count). The zero-order valence-electron chi connectivity index (χ0n) is 32.0. The van der Waals surface area contributed by atoms with Crippen LogP contribution in [0.3, 0.4) is 0 Å². The largest absolute Gasteiger partial charge is 0.743 e. The van der Waals surface area contributed by atoms with Crippen LogP contribution in [0.25, 0.3) is 0 Å². The molecule has 0 aromatic heterocycles. The van der Waals surface area contributed by atoms with E-state index < -0.39 is 64.5 Å². The third kappa shape index (κ3) is 15.2. The minimum Gasteiger partial charge on any atom is -0.743 e. The molecule has 1 atom stereocenters. The molecule has 0 spiro atoms. The Hall–Kier alpha value is -2.81. The van der Waals surface area contributed by atoms with Gasteiger partial charge in [-0.25, -0.2) is 13.2 Å². The molecule has 0 heterocycles. The molecular formula is C40H38F5I3O10S2. The number of rotatable bonds is 17. The third-order valence-electron chi connectivity index (χ3n) is 8.20. The van der Waals surface area contributed by atoms with Crippen LogP contribution < -0.4 is 4.74 Å². The lowest BCUT2D eigenvalue weighted by molar-refractivity contribution is -0.259. The highest BCUT2D eigenvalue weighted by molar-refractivity contribution is 14.1. The molecule has 0 N–H and O–H groups in total. The molecule has 0 fully saturated rings. The number of hydrogen-bond acceptors (Lipinski definition) is 10. The van der Waals surface area contributed by atoms with Gasteiger partial charge in [0.1, 0.15) is 19.0 Å². The Balaban J connectivity index is 0.000000320. The number of hydrogen-bond donors (Lipinski definition) is 0. The lowest BCUT2D eigenvalue weighted by Crippen LogP contribution is -2.52. The maximum atomic E-state index is 13.3. The van der Waals surface area contributed by atoms with Crippen LogP contribution in [-0.4, -0.2) is 68.2 Å². The van der Waals surface area contributed by atoms with Crippen molar-refractivity contribution in [3.05, 3.63) is 113 Å². The summed E-state index contributed by atoms with van der Waals surface area (Å²) in [6.07, 6.45) is -11.0. The van der Waals surface area contributed by atoms with Gasteiger partial charge in [-0.3, -0.25) is 9.59 Å². The summed E-state index contributed by atoms with van der Waals surface area (Å²) in [4.78, 5) is 39.3. The van der Waals surface area contributed by atoms with Crippen LogP contribution >= 0.6 is 67.8 Å². The summed E-state index contributed by atoms with van der Waals surface area (Å²) in [6, 6.07) is 32.6. The molecule has 0 radical (unpaired) electrons. The zero-order valence-corrected chi connectivity index (χ0v) is 40.1. The van der Waals surface area contributed by atoms with Gasteiger partial charge in [0.2, 0.25) is 0 Å². The molecule has 0 aliphatic carbocycles. The van der Waals surface area contributed by atoms with Crippen molar-refractivity contribution in [1.82, 2.24) is 0 Å². The van der Waals surface area contributed by atoms with Gasteiger partial charge in [0.25, 0.3) is 6.10 Å². The van der Waals surface area contributed by atoms with Crippen molar-refractivity contribution < 1.29 is 68.3 Å². The summed E-state index contributed by atoms with van der Waals surface area (Å²) in [6.45, 7) is 5.91. The van der Waals surface area contributed by atoms with E-state index in [9.17, 15) is 49.3 Å². The van der Waals surface area contributed by atoms with Gasteiger partial charge in [-0.2, -0.15) is 22.0 Å². The summed E-state index contributed by atoms with van der Waals surface area (Å²) in [5, 5.41) is -5.91. The maximum Gasteiger partial charge on any atom is 0.432 e. The minimum atomic E-state index is -6.76. The van der Waals surface area contributed by atoms with Crippen molar-refractivity contribution in [2.45, 2.75) is 72.3 Å². The molecule has 0 saturated heterocycles. The standard InChI is InChI=1S/C26H29O3S.C14H10F5I3O7S/c1-4-26(2,3)25(27)29-20-19-28-21-15-17-24(18-16-21)30(22-11-7-5-8-12-22)23-13-9-6-10-14-23;15-13(16,17)12(14(18,19)30(25,26)27)29-9(23)2-1-3-28-11(24)7-4-6(20)5-8(21)10(7)22/h5-18H,4,19-20H2,1-3H3;4-5,12H,1-3H2,(H,25,26,27)/q+1;/p-1. The van der Waals surface area contributed by atoms with E-state index in [-0.39, 0.29) is 29.0 Å². The Labute approximate surface area is 388 Å². The summed E-state index contributed by atoms with van der Waals surface area (Å²) in [5.41, 5.74) is -0.237. The Morgan fingerprint density at radius 1 is 0.767 bits per heavy atom. The molecule has 0 amide bonds. The SMILES string of the molecule is CCC(C)(C)C(=O)OCCOc1ccc([S+](c2ccccc2)c2ccccc2)cc1.O=C(CCCOC(=O)c1cc(I)cc(I)c1I)OC(C(F)(F)F)C(F)(F)S(=O)(=O)[O-]. The Bertz CT molecular complexity index is 2120. The fraction of sp³-hybridized carbons (Fsp3) is 0.325. The molecule has 0 aliphatic heterocycles. The van der Waals surface area contributed by atoms with E-state index in [0.717, 1.165) is 19.3 Å². The molecule has 0 aliphatic rings. The molecule has 4 aromatic rings. The van der Waals surface area contributed by atoms with E-state index in [1.165, 1.54) is 20.8 Å². The zero-order chi connectivity index (χ0) is 44.9. The van der Waals surface area contributed by atoms with E-state index in [4.69, 9.17) is 14.2 Å². The normalized spacial score (nSPS) is 12.5. The second-order valence-corrected chi connectivity index (χ2v) is 20.0. The molecule has 1 unspecified atom stereocenters. The van der Waals surface area contributed by atoms with Gasteiger partial charge >= 0.3 is 29.3 Å². The van der Waals surface area contributed by atoms with Crippen molar-refractivity contribution in [3.8, 4) is 5.75 Å². The average molecular weight is 1220 g/mol. The number of carbonyl (C=O) groups is 3. The highest BCUT2D eigenvalue weighted by Gasteiger charge is 2.62. The fourth-order valence-electron chi connectivity index (χ4n) is 4.64. The van der Waals surface area contributed by atoms with Crippen molar-refractivity contribution in [2.24, 2.45) is 5.41 Å². The molecule has 4 aromatic carbocycles. The number of carbonyl (C=O) groups excluding carboxylic acids is 3. The lowest BCUT2D eigenvalue weighted by atomic mass is 9.91. The number of halogens is 8. The van der Waals surface area contributed by atoms with Crippen LogP contribution in [0.2, 0.25) is 0 Å². The van der Waals surface area contributed by atoms with Crippen LogP contribution in [0.5, 0.6) is 5.75 Å². The van der Waals surface area contributed by atoms with Crippen LogP contribution in [-0.2, 0) is 44.8 Å². The average Bonchev–Trinajstić information content (AvgIpc) is 3.19. The number of alkyl halides is 5. The third-order valence-corrected chi connectivity index (χ3v) is 15.0. The molecule has 10 nitrogen and oxygen atoms in total. The Kier molecular flexibility index (Phi) is 19.8. The first-order valence-electron chi connectivity index (χ1n) is 17.6. The Morgan fingerprint density at radius 2 is 1.30 bits per heavy atom. The first kappa shape index (κ1) is 51.5. The summed E-state index contributed by atoms with van der Waals surface area (Å²) in [7, 11) is -6.93. The topological polar surface area (TPSA) is 145 Å². The van der Waals surface area contributed by atoms with Crippen LogP contribution in [0.4, 0.5) is 22.0 Å². The van der Waals surface area contributed by atoms with E-state index in [1.807, 2.05) is 113 Å². The van der Waals surface area contributed by atoms with E-state index in [0.29, 0.717) is 10.2 Å². The van der Waals surface area contributed by atoms with Crippen molar-refractivity contribution >= 4 is 107 Å². The quantitative estimate of drug-likeness (QED) is 0.0146. The van der Waals surface area contributed by atoms with Gasteiger partial charge in [-0.05, 0) is 155 Å². The first-order chi connectivity index (χ1) is 28.0. The molecule has 0 bridgehead atoms. The van der Waals surface area contributed by atoms with Crippen LogP contribution in [0.1, 0.15) is 50.4 Å². The predicted molar refractivity (Wildman–Crippen MR) is 237 cm³/mol. The van der Waals surface area contributed by atoms with Gasteiger partial charge in [-0.1, -0.05) is 43.3 Å². The highest BCUT2D eigenvalue weighted by atomic mass is 127. The molecule has 60 heavy (non-hydrogen) atoms. The number of ether oxygens (including phenoxy) is 4. The van der Waals surface area contributed by atoms with E-state index in [1.54, 1.807) is 6.07 Å². The van der Waals surface area contributed by atoms with Gasteiger partial charge < -0.3 is 23.5 Å². The van der Waals surface area contributed by atoms with Crippen molar-refractivity contribution in [3.63, 3.8) is 0 Å². The van der Waals surface area contributed by atoms with Gasteiger partial charge in [-0.15, -0.1) is 0 Å². The number of benzene rings is 4. The van der Waals surface area contributed by atoms with E-state index in [2.05, 4.69) is 65.4 Å². The molecule has 326 valence electrons. The molecule has 20 heteroatoms. The minimum absolute atomic E-state index is 0.172. The number of esters is 3. The summed E-state index contributed by atoms with van der Waals surface area (Å²) >= 11 is 5.87. The van der Waals surface area contributed by atoms with Crippen molar-refractivity contribution in [1.29, 1.82) is 0 Å². The monoisotopic (exact) mass is 1220 g/mol. The second kappa shape index (κ2) is 23.0.